The first-order chi connectivity index (χ1) is 13.7. The molecule has 1 heterocycles. The molecule has 1 unspecified atom stereocenters. The van der Waals surface area contributed by atoms with Crippen molar-refractivity contribution >= 4 is 17.7 Å². The number of nitrogens with zero attached hydrogens (tertiary/aromatic N) is 1. The number of carbonyl (C=O) groups is 1. The molecule has 150 valence electrons. The van der Waals surface area contributed by atoms with Gasteiger partial charge in [0, 0.05) is 24.5 Å². The normalized spacial score (nSPS) is 15.8. The maximum Gasteiger partial charge on any atom is 0.230 e. The van der Waals surface area contributed by atoms with Gasteiger partial charge in [-0.05, 0) is 36.8 Å². The largest absolute Gasteiger partial charge is 0.497 e. The van der Waals surface area contributed by atoms with E-state index in [2.05, 4.69) is 41.4 Å². The summed E-state index contributed by atoms with van der Waals surface area (Å²) in [7, 11) is 1.65. The lowest BCUT2D eigenvalue weighted by Crippen LogP contribution is -2.44. The van der Waals surface area contributed by atoms with Crippen molar-refractivity contribution in [2.45, 2.75) is 17.9 Å². The van der Waals surface area contributed by atoms with Gasteiger partial charge in [-0.2, -0.15) is 0 Å². The van der Waals surface area contributed by atoms with Crippen LogP contribution in [0.25, 0.3) is 0 Å². The van der Waals surface area contributed by atoms with Crippen LogP contribution in [0.15, 0.2) is 53.4 Å². The van der Waals surface area contributed by atoms with Crippen molar-refractivity contribution < 1.29 is 14.3 Å². The van der Waals surface area contributed by atoms with Gasteiger partial charge in [-0.15, -0.1) is 11.8 Å². The van der Waals surface area contributed by atoms with Crippen LogP contribution in [-0.2, 0) is 9.53 Å². The van der Waals surface area contributed by atoms with Crippen molar-refractivity contribution in [3.05, 3.63) is 59.7 Å². The number of morpholine rings is 1. The number of thioether (sulfide) groups is 1. The summed E-state index contributed by atoms with van der Waals surface area (Å²) >= 11 is 1.53. The van der Waals surface area contributed by atoms with Gasteiger partial charge in [-0.3, -0.25) is 9.69 Å². The molecule has 28 heavy (non-hydrogen) atoms. The maximum atomic E-state index is 12.4. The van der Waals surface area contributed by atoms with Gasteiger partial charge in [0.15, 0.2) is 0 Å². The Morgan fingerprint density at radius 3 is 2.46 bits per heavy atom. The molecule has 0 aliphatic carbocycles. The van der Waals surface area contributed by atoms with E-state index >= 15 is 0 Å². The molecular formula is C22H28N2O3S. The van der Waals surface area contributed by atoms with Crippen LogP contribution in [0.1, 0.15) is 17.2 Å². The van der Waals surface area contributed by atoms with Crippen LogP contribution in [0.3, 0.4) is 0 Å². The van der Waals surface area contributed by atoms with E-state index in [1.165, 1.54) is 22.9 Å². The molecule has 1 saturated heterocycles. The second-order valence-electron chi connectivity index (χ2n) is 6.84. The highest BCUT2D eigenvalue weighted by molar-refractivity contribution is 8.00. The number of amides is 1. The zero-order chi connectivity index (χ0) is 19.8. The average Bonchev–Trinajstić information content (AvgIpc) is 2.75. The third-order valence-corrected chi connectivity index (χ3v) is 5.88. The second-order valence-corrected chi connectivity index (χ2v) is 7.89. The van der Waals surface area contributed by atoms with Crippen LogP contribution < -0.4 is 10.1 Å². The average molecular weight is 401 g/mol. The SMILES string of the molecule is COc1ccc(SCC(=O)NCC(c2ccc(C)cc2)N2CCOCC2)cc1. The zero-order valence-corrected chi connectivity index (χ0v) is 17.3. The predicted molar refractivity (Wildman–Crippen MR) is 113 cm³/mol. The number of hydrogen-bond donors (Lipinski definition) is 1. The molecular weight excluding hydrogens is 372 g/mol. The van der Waals surface area contributed by atoms with Crippen LogP contribution in [0, 0.1) is 6.92 Å². The summed E-state index contributed by atoms with van der Waals surface area (Å²) in [6.07, 6.45) is 0. The highest BCUT2D eigenvalue weighted by Crippen LogP contribution is 2.23. The summed E-state index contributed by atoms with van der Waals surface area (Å²) in [5, 5.41) is 3.12. The fourth-order valence-corrected chi connectivity index (χ4v) is 3.95. The standard InChI is InChI=1S/C22H28N2O3S/c1-17-3-5-18(6-4-17)21(24-11-13-27-14-12-24)15-23-22(25)16-28-20-9-7-19(26-2)8-10-20/h3-10,21H,11-16H2,1-2H3,(H,23,25). The molecule has 1 aliphatic heterocycles. The van der Waals surface area contributed by atoms with Crippen LogP contribution in [0.4, 0.5) is 0 Å². The van der Waals surface area contributed by atoms with Crippen molar-refractivity contribution in [3.63, 3.8) is 0 Å². The first-order valence-corrected chi connectivity index (χ1v) is 10.6. The van der Waals surface area contributed by atoms with Crippen molar-refractivity contribution in [2.24, 2.45) is 0 Å². The molecule has 1 amide bonds. The fraction of sp³-hybridized carbons (Fsp3) is 0.409. The Hall–Kier alpha value is -2.02. The van der Waals surface area contributed by atoms with Gasteiger partial charge in [0.25, 0.3) is 0 Å². The zero-order valence-electron chi connectivity index (χ0n) is 16.5. The smallest absolute Gasteiger partial charge is 0.230 e. The van der Waals surface area contributed by atoms with E-state index in [1.54, 1.807) is 7.11 Å². The molecule has 1 fully saturated rings. The highest BCUT2D eigenvalue weighted by Gasteiger charge is 2.23. The molecule has 1 aliphatic rings. The van der Waals surface area contributed by atoms with Gasteiger partial charge in [0.1, 0.15) is 5.75 Å². The number of nitrogens with one attached hydrogen (secondary N) is 1. The summed E-state index contributed by atoms with van der Waals surface area (Å²) in [6, 6.07) is 16.5. The number of carbonyl (C=O) groups excluding carboxylic acids is 1. The van der Waals surface area contributed by atoms with Crippen molar-refractivity contribution in [1.29, 1.82) is 0 Å². The van der Waals surface area contributed by atoms with Gasteiger partial charge in [0.2, 0.25) is 5.91 Å². The molecule has 1 atom stereocenters. The van der Waals surface area contributed by atoms with Gasteiger partial charge in [-0.1, -0.05) is 29.8 Å². The molecule has 0 aromatic heterocycles. The molecule has 0 saturated carbocycles. The Kier molecular flexibility index (Phi) is 7.77. The first-order valence-electron chi connectivity index (χ1n) is 9.57. The van der Waals surface area contributed by atoms with E-state index in [9.17, 15) is 4.79 Å². The lowest BCUT2D eigenvalue weighted by molar-refractivity contribution is -0.118. The summed E-state index contributed by atoms with van der Waals surface area (Å²) < 4.78 is 10.7. The lowest BCUT2D eigenvalue weighted by atomic mass is 10.0. The number of rotatable bonds is 8. The molecule has 0 radical (unpaired) electrons. The molecule has 2 aromatic carbocycles. The lowest BCUT2D eigenvalue weighted by Gasteiger charge is -2.35. The Labute approximate surface area is 171 Å². The molecule has 0 bridgehead atoms. The summed E-state index contributed by atoms with van der Waals surface area (Å²) in [5.41, 5.74) is 2.47. The van der Waals surface area contributed by atoms with Crippen molar-refractivity contribution in [1.82, 2.24) is 10.2 Å². The van der Waals surface area contributed by atoms with E-state index in [0.29, 0.717) is 12.3 Å². The van der Waals surface area contributed by atoms with Gasteiger partial charge in [0.05, 0.1) is 32.1 Å². The monoisotopic (exact) mass is 400 g/mol. The third-order valence-electron chi connectivity index (χ3n) is 4.87. The molecule has 3 rings (SSSR count). The third kappa shape index (κ3) is 5.99. The Morgan fingerprint density at radius 2 is 1.82 bits per heavy atom. The van der Waals surface area contributed by atoms with Gasteiger partial charge < -0.3 is 14.8 Å². The van der Waals surface area contributed by atoms with Crippen molar-refractivity contribution in [2.75, 3.05) is 45.7 Å². The second kappa shape index (κ2) is 10.5. The predicted octanol–water partition coefficient (Wildman–Crippen LogP) is 3.29. The summed E-state index contributed by atoms with van der Waals surface area (Å²) in [6.45, 7) is 5.94. The molecule has 1 N–H and O–H groups in total. The van der Waals surface area contributed by atoms with E-state index in [-0.39, 0.29) is 11.9 Å². The van der Waals surface area contributed by atoms with Gasteiger partial charge >= 0.3 is 0 Å². The summed E-state index contributed by atoms with van der Waals surface area (Å²) in [5.74, 6) is 1.27. The van der Waals surface area contributed by atoms with E-state index in [4.69, 9.17) is 9.47 Å². The van der Waals surface area contributed by atoms with Crippen LogP contribution >= 0.6 is 11.8 Å². The Balaban J connectivity index is 1.55. The quantitative estimate of drug-likeness (QED) is 0.689. The fourth-order valence-electron chi connectivity index (χ4n) is 3.22. The minimum absolute atomic E-state index is 0.0474. The summed E-state index contributed by atoms with van der Waals surface area (Å²) in [4.78, 5) is 15.9. The molecule has 0 spiro atoms. The number of ether oxygens (including phenoxy) is 2. The molecule has 6 heteroatoms. The molecule has 5 nitrogen and oxygen atoms in total. The Bertz CT molecular complexity index is 743. The Morgan fingerprint density at radius 1 is 1.14 bits per heavy atom. The first kappa shape index (κ1) is 20.7. The highest BCUT2D eigenvalue weighted by atomic mass is 32.2. The van der Waals surface area contributed by atoms with Crippen LogP contribution in [0.2, 0.25) is 0 Å². The number of benzene rings is 2. The van der Waals surface area contributed by atoms with Gasteiger partial charge in [-0.25, -0.2) is 0 Å². The number of hydrogen-bond acceptors (Lipinski definition) is 5. The number of aryl methyl sites for hydroxylation is 1. The minimum atomic E-state index is 0.0474. The minimum Gasteiger partial charge on any atom is -0.497 e. The van der Waals surface area contributed by atoms with E-state index in [1.807, 2.05) is 24.3 Å². The number of methoxy groups -OCH3 is 1. The molecule has 2 aromatic rings. The van der Waals surface area contributed by atoms with Crippen LogP contribution in [0.5, 0.6) is 5.75 Å². The van der Waals surface area contributed by atoms with Crippen molar-refractivity contribution in [3.8, 4) is 5.75 Å². The van der Waals surface area contributed by atoms with E-state index < -0.39 is 0 Å². The van der Waals surface area contributed by atoms with E-state index in [0.717, 1.165) is 36.9 Å². The topological polar surface area (TPSA) is 50.8 Å². The maximum absolute atomic E-state index is 12.4. The van der Waals surface area contributed by atoms with Crippen LogP contribution in [-0.4, -0.2) is 56.5 Å².